The fraction of sp³-hybridized carbons (Fsp3) is 0.381. The van der Waals surface area contributed by atoms with E-state index in [1.807, 2.05) is 38.1 Å². The van der Waals surface area contributed by atoms with Gasteiger partial charge in [0.15, 0.2) is 0 Å². The van der Waals surface area contributed by atoms with E-state index in [-0.39, 0.29) is 11.9 Å². The summed E-state index contributed by atoms with van der Waals surface area (Å²) in [5, 5.41) is 3.09. The minimum absolute atomic E-state index is 0.00307. The second-order valence-electron chi connectivity index (χ2n) is 6.64. The molecule has 4 heteroatoms. The normalized spacial score (nSPS) is 15.7. The van der Waals surface area contributed by atoms with Gasteiger partial charge in [-0.1, -0.05) is 42.0 Å². The number of benzene rings is 2. The molecule has 1 N–H and O–H groups in total. The molecule has 2 aromatic rings. The smallest absolute Gasteiger partial charge is 0.224 e. The van der Waals surface area contributed by atoms with Gasteiger partial charge in [-0.3, -0.25) is 4.79 Å². The number of nitrogens with one attached hydrogen (secondary N) is 1. The van der Waals surface area contributed by atoms with Gasteiger partial charge >= 0.3 is 0 Å². The van der Waals surface area contributed by atoms with Gasteiger partial charge in [-0.25, -0.2) is 0 Å². The van der Waals surface area contributed by atoms with Crippen molar-refractivity contribution in [3.05, 3.63) is 65.2 Å². The van der Waals surface area contributed by atoms with Crippen molar-refractivity contribution in [3.63, 3.8) is 0 Å². The maximum absolute atomic E-state index is 12.3. The number of carbonyl (C=O) groups excluding carboxylic acids is 1. The van der Waals surface area contributed by atoms with Crippen molar-refractivity contribution in [2.45, 2.75) is 26.3 Å². The zero-order valence-electron chi connectivity index (χ0n) is 15.0. The van der Waals surface area contributed by atoms with Crippen molar-refractivity contribution in [1.29, 1.82) is 0 Å². The van der Waals surface area contributed by atoms with E-state index < -0.39 is 0 Å². The van der Waals surface area contributed by atoms with Gasteiger partial charge in [0.05, 0.1) is 25.7 Å². The zero-order chi connectivity index (χ0) is 17.6. The van der Waals surface area contributed by atoms with E-state index in [0.717, 1.165) is 37.4 Å². The van der Waals surface area contributed by atoms with Crippen LogP contribution in [0.5, 0.6) is 0 Å². The highest BCUT2D eigenvalue weighted by Crippen LogP contribution is 2.20. The number of ether oxygens (including phenoxy) is 1. The Morgan fingerprint density at radius 1 is 1.08 bits per heavy atom. The van der Waals surface area contributed by atoms with Gasteiger partial charge in [0.2, 0.25) is 5.91 Å². The minimum atomic E-state index is -0.00307. The largest absolute Gasteiger partial charge is 0.378 e. The molecule has 0 aliphatic carbocycles. The summed E-state index contributed by atoms with van der Waals surface area (Å²) in [4.78, 5) is 14.6. The highest BCUT2D eigenvalue weighted by atomic mass is 16.5. The molecule has 0 saturated carbocycles. The van der Waals surface area contributed by atoms with Gasteiger partial charge in [-0.2, -0.15) is 0 Å². The second kappa shape index (κ2) is 8.17. The van der Waals surface area contributed by atoms with E-state index in [2.05, 4.69) is 34.5 Å². The first-order valence-corrected chi connectivity index (χ1v) is 8.89. The Hall–Kier alpha value is -2.33. The molecule has 3 rings (SSSR count). The van der Waals surface area contributed by atoms with Crippen molar-refractivity contribution < 1.29 is 9.53 Å². The number of hydrogen-bond acceptors (Lipinski definition) is 3. The fourth-order valence-corrected chi connectivity index (χ4v) is 3.06. The zero-order valence-corrected chi connectivity index (χ0v) is 15.0. The molecule has 0 bridgehead atoms. The Morgan fingerprint density at radius 2 is 1.72 bits per heavy atom. The van der Waals surface area contributed by atoms with Gasteiger partial charge in [-0.05, 0) is 37.1 Å². The summed E-state index contributed by atoms with van der Waals surface area (Å²) in [6.45, 7) is 7.51. The molecule has 0 unspecified atom stereocenters. The van der Waals surface area contributed by atoms with Crippen LogP contribution in [-0.2, 0) is 16.0 Å². The molecular weight excluding hydrogens is 312 g/mol. The molecule has 25 heavy (non-hydrogen) atoms. The van der Waals surface area contributed by atoms with Gasteiger partial charge in [-0.15, -0.1) is 0 Å². The standard InChI is InChI=1S/C21H26N2O2/c1-16-3-5-18(6-4-16)15-21(24)22-17(2)19-7-9-20(10-8-19)23-11-13-25-14-12-23/h3-10,17H,11-15H2,1-2H3,(H,22,24)/t17-/m0/s1. The Morgan fingerprint density at radius 3 is 2.36 bits per heavy atom. The number of morpholine rings is 1. The SMILES string of the molecule is Cc1ccc(CC(=O)N[C@@H](C)c2ccc(N3CCOCC3)cc2)cc1. The van der Waals surface area contributed by atoms with Crippen molar-refractivity contribution in [3.8, 4) is 0 Å². The molecule has 0 spiro atoms. The molecule has 1 aliphatic heterocycles. The molecule has 132 valence electrons. The molecule has 1 saturated heterocycles. The van der Waals surface area contributed by atoms with Crippen LogP contribution in [0.25, 0.3) is 0 Å². The monoisotopic (exact) mass is 338 g/mol. The lowest BCUT2D eigenvalue weighted by Crippen LogP contribution is -2.36. The predicted octanol–water partition coefficient (Wildman–Crippen LogP) is 3.25. The Kier molecular flexibility index (Phi) is 5.71. The van der Waals surface area contributed by atoms with Crippen LogP contribution in [0.3, 0.4) is 0 Å². The lowest BCUT2D eigenvalue weighted by Gasteiger charge is -2.29. The molecule has 0 aromatic heterocycles. The minimum Gasteiger partial charge on any atom is -0.378 e. The number of aryl methyl sites for hydroxylation is 1. The molecular formula is C21H26N2O2. The van der Waals surface area contributed by atoms with Crippen LogP contribution in [0, 0.1) is 6.92 Å². The first-order valence-electron chi connectivity index (χ1n) is 8.89. The third kappa shape index (κ3) is 4.83. The Balaban J connectivity index is 1.55. The number of hydrogen-bond donors (Lipinski definition) is 1. The van der Waals surface area contributed by atoms with Crippen molar-refractivity contribution in [2.24, 2.45) is 0 Å². The summed E-state index contributed by atoms with van der Waals surface area (Å²) in [6, 6.07) is 16.5. The van der Waals surface area contributed by atoms with Crippen LogP contribution in [-0.4, -0.2) is 32.2 Å². The first-order chi connectivity index (χ1) is 12.1. The third-order valence-electron chi connectivity index (χ3n) is 4.63. The number of rotatable bonds is 5. The summed E-state index contributed by atoms with van der Waals surface area (Å²) in [5.74, 6) is 0.0496. The van der Waals surface area contributed by atoms with Gasteiger partial charge in [0.1, 0.15) is 0 Å². The van der Waals surface area contributed by atoms with Crippen LogP contribution in [0.4, 0.5) is 5.69 Å². The molecule has 4 nitrogen and oxygen atoms in total. The lowest BCUT2D eigenvalue weighted by molar-refractivity contribution is -0.121. The number of anilines is 1. The van der Waals surface area contributed by atoms with Crippen molar-refractivity contribution >= 4 is 11.6 Å². The fourth-order valence-electron chi connectivity index (χ4n) is 3.06. The molecule has 2 aromatic carbocycles. The average Bonchev–Trinajstić information content (AvgIpc) is 2.64. The van der Waals surface area contributed by atoms with Crippen LogP contribution in [0.2, 0.25) is 0 Å². The van der Waals surface area contributed by atoms with E-state index in [0.29, 0.717) is 6.42 Å². The number of amides is 1. The van der Waals surface area contributed by atoms with E-state index >= 15 is 0 Å². The molecule has 1 heterocycles. The summed E-state index contributed by atoms with van der Waals surface area (Å²) in [7, 11) is 0. The maximum atomic E-state index is 12.3. The predicted molar refractivity (Wildman–Crippen MR) is 101 cm³/mol. The number of carbonyl (C=O) groups is 1. The molecule has 1 amide bonds. The first kappa shape index (κ1) is 17.5. The van der Waals surface area contributed by atoms with Gasteiger partial charge < -0.3 is 15.0 Å². The lowest BCUT2D eigenvalue weighted by atomic mass is 10.1. The van der Waals surface area contributed by atoms with Crippen molar-refractivity contribution in [1.82, 2.24) is 5.32 Å². The van der Waals surface area contributed by atoms with E-state index in [4.69, 9.17) is 4.74 Å². The average molecular weight is 338 g/mol. The third-order valence-corrected chi connectivity index (χ3v) is 4.63. The van der Waals surface area contributed by atoms with Gasteiger partial charge in [0, 0.05) is 18.8 Å². The summed E-state index contributed by atoms with van der Waals surface area (Å²) in [6.07, 6.45) is 0.413. The van der Waals surface area contributed by atoms with E-state index in [9.17, 15) is 4.79 Å². The highest BCUT2D eigenvalue weighted by Gasteiger charge is 2.13. The summed E-state index contributed by atoms with van der Waals surface area (Å²) < 4.78 is 5.39. The highest BCUT2D eigenvalue weighted by molar-refractivity contribution is 5.79. The quantitative estimate of drug-likeness (QED) is 0.910. The van der Waals surface area contributed by atoms with E-state index in [1.165, 1.54) is 11.3 Å². The molecule has 1 aliphatic rings. The maximum Gasteiger partial charge on any atom is 0.224 e. The topological polar surface area (TPSA) is 41.6 Å². The Labute approximate surface area is 149 Å². The van der Waals surface area contributed by atoms with Gasteiger partial charge in [0.25, 0.3) is 0 Å². The molecule has 1 fully saturated rings. The van der Waals surface area contributed by atoms with Crippen LogP contribution in [0.15, 0.2) is 48.5 Å². The second-order valence-corrected chi connectivity index (χ2v) is 6.64. The summed E-state index contributed by atoms with van der Waals surface area (Å²) in [5.41, 5.74) is 4.58. The Bertz CT molecular complexity index is 689. The van der Waals surface area contributed by atoms with Crippen LogP contribution in [0.1, 0.15) is 29.7 Å². The van der Waals surface area contributed by atoms with E-state index in [1.54, 1.807) is 0 Å². The van der Waals surface area contributed by atoms with Crippen LogP contribution < -0.4 is 10.2 Å². The number of nitrogens with zero attached hydrogens (tertiary/aromatic N) is 1. The van der Waals surface area contributed by atoms with Crippen LogP contribution >= 0.6 is 0 Å². The molecule has 1 atom stereocenters. The van der Waals surface area contributed by atoms with Crippen molar-refractivity contribution in [2.75, 3.05) is 31.2 Å². The molecule has 0 radical (unpaired) electrons. The summed E-state index contributed by atoms with van der Waals surface area (Å²) >= 11 is 0.